The number of aromatic amines is 1. The van der Waals surface area contributed by atoms with Crippen molar-refractivity contribution in [2.45, 2.75) is 38.5 Å². The van der Waals surface area contributed by atoms with E-state index in [1.165, 1.54) is 11.2 Å². The topological polar surface area (TPSA) is 103 Å². The quantitative estimate of drug-likeness (QED) is 0.785. The Morgan fingerprint density at radius 3 is 2.53 bits per heavy atom. The van der Waals surface area contributed by atoms with Crippen molar-refractivity contribution in [1.82, 2.24) is 14.5 Å². The first-order valence-corrected chi connectivity index (χ1v) is 7.58. The van der Waals surface area contributed by atoms with Crippen molar-refractivity contribution in [3.05, 3.63) is 11.4 Å². The standard InChI is InChI=1S/C11H19N3O4S/c1-4-6-7-14(5-2)19(17,18)10-8(3)12-13-9(10)11(15)16/h4-7H2,1-3H3,(H,12,13)(H,15,16). The fraction of sp³-hybridized carbons (Fsp3) is 0.636. The van der Waals surface area contributed by atoms with Gasteiger partial charge in [-0.3, -0.25) is 5.10 Å². The van der Waals surface area contributed by atoms with Crippen LogP contribution in [0.15, 0.2) is 4.90 Å². The van der Waals surface area contributed by atoms with Gasteiger partial charge in [-0.15, -0.1) is 0 Å². The Bertz CT molecular complexity index is 550. The van der Waals surface area contributed by atoms with Gasteiger partial charge < -0.3 is 5.11 Å². The number of aromatic nitrogens is 2. The summed E-state index contributed by atoms with van der Waals surface area (Å²) in [6.45, 7) is 5.86. The molecule has 0 aliphatic carbocycles. The van der Waals surface area contributed by atoms with Crippen LogP contribution < -0.4 is 0 Å². The molecule has 0 saturated heterocycles. The summed E-state index contributed by atoms with van der Waals surface area (Å²) in [7, 11) is -3.83. The van der Waals surface area contributed by atoms with Crippen LogP contribution in [0.3, 0.4) is 0 Å². The molecule has 0 amide bonds. The van der Waals surface area contributed by atoms with Gasteiger partial charge in [-0.2, -0.15) is 9.40 Å². The zero-order valence-corrected chi connectivity index (χ0v) is 12.1. The molecule has 0 atom stereocenters. The smallest absolute Gasteiger partial charge is 0.357 e. The molecular weight excluding hydrogens is 270 g/mol. The van der Waals surface area contributed by atoms with Crippen LogP contribution in [-0.4, -0.2) is 47.1 Å². The fourth-order valence-corrected chi connectivity index (χ4v) is 3.57. The van der Waals surface area contributed by atoms with E-state index in [2.05, 4.69) is 10.2 Å². The van der Waals surface area contributed by atoms with Crippen LogP contribution in [0.5, 0.6) is 0 Å². The second-order valence-corrected chi connectivity index (χ2v) is 6.06. The number of unbranched alkanes of at least 4 members (excludes halogenated alkanes) is 1. The third-order valence-corrected chi connectivity index (χ3v) is 4.94. The van der Waals surface area contributed by atoms with Crippen LogP contribution >= 0.6 is 0 Å². The van der Waals surface area contributed by atoms with E-state index >= 15 is 0 Å². The summed E-state index contributed by atoms with van der Waals surface area (Å²) in [4.78, 5) is 10.8. The van der Waals surface area contributed by atoms with Gasteiger partial charge in [-0.25, -0.2) is 13.2 Å². The van der Waals surface area contributed by atoms with Crippen molar-refractivity contribution >= 4 is 16.0 Å². The molecule has 0 fully saturated rings. The average Bonchev–Trinajstić information content (AvgIpc) is 2.72. The highest BCUT2D eigenvalue weighted by molar-refractivity contribution is 7.89. The highest BCUT2D eigenvalue weighted by Gasteiger charge is 2.32. The first-order valence-electron chi connectivity index (χ1n) is 6.14. The third-order valence-electron chi connectivity index (χ3n) is 2.81. The number of hydrogen-bond donors (Lipinski definition) is 2. The van der Waals surface area contributed by atoms with Gasteiger partial charge in [0.1, 0.15) is 4.90 Å². The molecule has 0 aliphatic rings. The molecule has 8 heteroatoms. The molecule has 0 saturated carbocycles. The van der Waals surface area contributed by atoms with Gasteiger partial charge in [0.2, 0.25) is 10.0 Å². The zero-order valence-electron chi connectivity index (χ0n) is 11.3. The molecule has 0 bridgehead atoms. The second kappa shape index (κ2) is 6.16. The number of aryl methyl sites for hydroxylation is 1. The maximum Gasteiger partial charge on any atom is 0.357 e. The van der Waals surface area contributed by atoms with E-state index in [1.54, 1.807) is 6.92 Å². The van der Waals surface area contributed by atoms with E-state index in [0.717, 1.165) is 12.8 Å². The molecule has 0 aliphatic heterocycles. The van der Waals surface area contributed by atoms with Crippen LogP contribution in [0.2, 0.25) is 0 Å². The van der Waals surface area contributed by atoms with Crippen molar-refractivity contribution in [3.8, 4) is 0 Å². The largest absolute Gasteiger partial charge is 0.476 e. The number of H-pyrrole nitrogens is 1. The van der Waals surface area contributed by atoms with E-state index in [9.17, 15) is 13.2 Å². The Hall–Kier alpha value is -1.41. The van der Waals surface area contributed by atoms with E-state index in [4.69, 9.17) is 5.11 Å². The lowest BCUT2D eigenvalue weighted by Gasteiger charge is -2.20. The molecule has 1 aromatic rings. The minimum Gasteiger partial charge on any atom is -0.476 e. The molecule has 1 rings (SSSR count). The molecule has 2 N–H and O–H groups in total. The Morgan fingerprint density at radius 2 is 2.05 bits per heavy atom. The second-order valence-electron chi connectivity index (χ2n) is 4.18. The Labute approximate surface area is 112 Å². The van der Waals surface area contributed by atoms with Gasteiger partial charge in [0.05, 0.1) is 5.69 Å². The van der Waals surface area contributed by atoms with Gasteiger partial charge in [-0.05, 0) is 13.3 Å². The summed E-state index contributed by atoms with van der Waals surface area (Å²) in [6, 6.07) is 0. The molecule has 1 aromatic heterocycles. The number of carboxylic acids is 1. The SMILES string of the molecule is CCCCN(CC)S(=O)(=O)c1c(C(=O)O)n[nH]c1C. The molecular formula is C11H19N3O4S. The maximum absolute atomic E-state index is 12.5. The summed E-state index contributed by atoms with van der Waals surface area (Å²) in [5.74, 6) is -1.35. The van der Waals surface area contributed by atoms with Crippen molar-refractivity contribution in [1.29, 1.82) is 0 Å². The fourth-order valence-electron chi connectivity index (χ4n) is 1.79. The molecule has 0 aromatic carbocycles. The number of carboxylic acid groups (broad SMARTS) is 1. The molecule has 108 valence electrons. The predicted octanol–water partition coefficient (Wildman–Crippen LogP) is 1.23. The summed E-state index contributed by atoms with van der Waals surface area (Å²) in [6.07, 6.45) is 1.59. The first kappa shape index (κ1) is 15.6. The van der Waals surface area contributed by atoms with Crippen LogP contribution in [0.1, 0.15) is 42.9 Å². The lowest BCUT2D eigenvalue weighted by molar-refractivity contribution is 0.0686. The number of nitrogens with one attached hydrogen (secondary N) is 1. The zero-order chi connectivity index (χ0) is 14.6. The van der Waals surface area contributed by atoms with Crippen LogP contribution in [-0.2, 0) is 10.0 Å². The molecule has 0 unspecified atom stereocenters. The molecule has 7 nitrogen and oxygen atoms in total. The number of aromatic carboxylic acids is 1. The highest BCUT2D eigenvalue weighted by atomic mass is 32.2. The third kappa shape index (κ3) is 3.13. The van der Waals surface area contributed by atoms with Gasteiger partial charge in [-0.1, -0.05) is 20.3 Å². The van der Waals surface area contributed by atoms with Gasteiger partial charge in [0, 0.05) is 13.1 Å². The minimum absolute atomic E-state index is 0.238. The summed E-state index contributed by atoms with van der Waals surface area (Å²) >= 11 is 0. The summed E-state index contributed by atoms with van der Waals surface area (Å²) in [5.41, 5.74) is -0.209. The number of sulfonamides is 1. The van der Waals surface area contributed by atoms with Crippen molar-refractivity contribution in [2.24, 2.45) is 0 Å². The predicted molar refractivity (Wildman–Crippen MR) is 69.6 cm³/mol. The number of hydrogen-bond acceptors (Lipinski definition) is 4. The van der Waals surface area contributed by atoms with E-state index in [-0.39, 0.29) is 10.6 Å². The maximum atomic E-state index is 12.5. The van der Waals surface area contributed by atoms with E-state index < -0.39 is 21.7 Å². The Balaban J connectivity index is 3.25. The molecule has 0 radical (unpaired) electrons. The minimum atomic E-state index is -3.83. The molecule has 1 heterocycles. The van der Waals surface area contributed by atoms with E-state index in [1.807, 2.05) is 6.92 Å². The lowest BCUT2D eigenvalue weighted by Crippen LogP contribution is -2.33. The number of nitrogens with zero attached hydrogens (tertiary/aromatic N) is 2. The summed E-state index contributed by atoms with van der Waals surface area (Å²) in [5, 5.41) is 15.0. The van der Waals surface area contributed by atoms with Crippen molar-refractivity contribution in [2.75, 3.05) is 13.1 Å². The first-order chi connectivity index (χ1) is 8.86. The normalized spacial score (nSPS) is 12.0. The molecule has 0 spiro atoms. The van der Waals surface area contributed by atoms with Gasteiger partial charge in [0.25, 0.3) is 0 Å². The van der Waals surface area contributed by atoms with Gasteiger partial charge in [0.15, 0.2) is 5.69 Å². The van der Waals surface area contributed by atoms with Crippen LogP contribution in [0.25, 0.3) is 0 Å². The number of carbonyl (C=O) groups is 1. The van der Waals surface area contributed by atoms with Crippen molar-refractivity contribution < 1.29 is 18.3 Å². The average molecular weight is 289 g/mol. The monoisotopic (exact) mass is 289 g/mol. The van der Waals surface area contributed by atoms with E-state index in [0.29, 0.717) is 13.1 Å². The van der Waals surface area contributed by atoms with Crippen LogP contribution in [0, 0.1) is 6.92 Å². The van der Waals surface area contributed by atoms with Crippen molar-refractivity contribution in [3.63, 3.8) is 0 Å². The molecule has 19 heavy (non-hydrogen) atoms. The number of rotatable bonds is 7. The lowest BCUT2D eigenvalue weighted by atomic mass is 10.3. The Kier molecular flexibility index (Phi) is 5.07. The van der Waals surface area contributed by atoms with Crippen LogP contribution in [0.4, 0.5) is 0 Å². The highest BCUT2D eigenvalue weighted by Crippen LogP contribution is 2.22. The Morgan fingerprint density at radius 1 is 1.42 bits per heavy atom. The van der Waals surface area contributed by atoms with Gasteiger partial charge >= 0.3 is 5.97 Å². The summed E-state index contributed by atoms with van der Waals surface area (Å²) < 4.78 is 26.2.